The van der Waals surface area contributed by atoms with Gasteiger partial charge in [-0.25, -0.2) is 0 Å². The fourth-order valence-corrected chi connectivity index (χ4v) is 2.12. The first-order chi connectivity index (χ1) is 10.8. The van der Waals surface area contributed by atoms with E-state index in [0.717, 1.165) is 36.8 Å². The highest BCUT2D eigenvalue weighted by Gasteiger charge is 2.04. The molecule has 0 aliphatic heterocycles. The molecule has 4 nitrogen and oxygen atoms in total. The molecule has 118 valence electrons. The second-order valence-electron chi connectivity index (χ2n) is 4.92. The number of ether oxygens (including phenoxy) is 3. The molecule has 0 fully saturated rings. The fraction of sp³-hybridized carbons (Fsp3) is 0.333. The first-order valence-corrected chi connectivity index (χ1v) is 7.44. The van der Waals surface area contributed by atoms with Gasteiger partial charge in [-0.05, 0) is 36.2 Å². The lowest BCUT2D eigenvalue weighted by atomic mass is 10.2. The smallest absolute Gasteiger partial charge is 0.162 e. The Morgan fingerprint density at radius 2 is 1.77 bits per heavy atom. The molecule has 4 heteroatoms. The SMILES string of the molecule is CCCOc1cccc(CNc2ccc(OC)c(OC)c2)c1. The molecule has 0 saturated heterocycles. The van der Waals surface area contributed by atoms with Crippen molar-refractivity contribution < 1.29 is 14.2 Å². The van der Waals surface area contributed by atoms with Gasteiger partial charge in [-0.2, -0.15) is 0 Å². The number of methoxy groups -OCH3 is 2. The monoisotopic (exact) mass is 301 g/mol. The van der Waals surface area contributed by atoms with E-state index in [1.807, 2.05) is 30.3 Å². The molecule has 0 atom stereocenters. The lowest BCUT2D eigenvalue weighted by Gasteiger charge is -2.12. The summed E-state index contributed by atoms with van der Waals surface area (Å²) in [6.45, 7) is 3.56. The van der Waals surface area contributed by atoms with Gasteiger partial charge < -0.3 is 19.5 Å². The minimum Gasteiger partial charge on any atom is -0.494 e. The highest BCUT2D eigenvalue weighted by atomic mass is 16.5. The van der Waals surface area contributed by atoms with E-state index >= 15 is 0 Å². The molecule has 2 aromatic rings. The molecule has 0 amide bonds. The molecule has 0 saturated carbocycles. The molecule has 2 rings (SSSR count). The van der Waals surface area contributed by atoms with E-state index in [1.54, 1.807) is 14.2 Å². The zero-order valence-corrected chi connectivity index (χ0v) is 13.4. The summed E-state index contributed by atoms with van der Waals surface area (Å²) in [5, 5.41) is 3.38. The molecule has 0 aliphatic carbocycles. The van der Waals surface area contributed by atoms with Crippen LogP contribution < -0.4 is 19.5 Å². The maximum absolute atomic E-state index is 5.65. The largest absolute Gasteiger partial charge is 0.494 e. The Balaban J connectivity index is 2.00. The third kappa shape index (κ3) is 4.32. The first-order valence-electron chi connectivity index (χ1n) is 7.44. The fourth-order valence-electron chi connectivity index (χ4n) is 2.12. The number of rotatable bonds is 8. The topological polar surface area (TPSA) is 39.7 Å². The summed E-state index contributed by atoms with van der Waals surface area (Å²) in [5.41, 5.74) is 2.15. The molecular weight excluding hydrogens is 278 g/mol. The molecule has 0 bridgehead atoms. The number of anilines is 1. The molecule has 0 unspecified atom stereocenters. The predicted molar refractivity (Wildman–Crippen MR) is 89.1 cm³/mol. The number of hydrogen-bond acceptors (Lipinski definition) is 4. The van der Waals surface area contributed by atoms with E-state index in [1.165, 1.54) is 5.56 Å². The minimum atomic E-state index is 0.715. The van der Waals surface area contributed by atoms with Crippen molar-refractivity contribution in [2.75, 3.05) is 26.1 Å². The molecule has 22 heavy (non-hydrogen) atoms. The van der Waals surface area contributed by atoms with Crippen molar-refractivity contribution in [3.63, 3.8) is 0 Å². The van der Waals surface area contributed by atoms with Gasteiger partial charge in [0, 0.05) is 18.3 Å². The highest BCUT2D eigenvalue weighted by molar-refractivity contribution is 5.55. The van der Waals surface area contributed by atoms with E-state index in [0.29, 0.717) is 5.75 Å². The van der Waals surface area contributed by atoms with E-state index < -0.39 is 0 Å². The number of benzene rings is 2. The van der Waals surface area contributed by atoms with Crippen molar-refractivity contribution in [3.8, 4) is 17.2 Å². The molecule has 0 radical (unpaired) electrons. The van der Waals surface area contributed by atoms with Gasteiger partial charge in [0.2, 0.25) is 0 Å². The predicted octanol–water partition coefficient (Wildman–Crippen LogP) is 4.10. The summed E-state index contributed by atoms with van der Waals surface area (Å²) < 4.78 is 16.2. The quantitative estimate of drug-likeness (QED) is 0.796. The van der Waals surface area contributed by atoms with Gasteiger partial charge in [-0.15, -0.1) is 0 Å². The van der Waals surface area contributed by atoms with Crippen molar-refractivity contribution in [2.45, 2.75) is 19.9 Å². The molecule has 0 aromatic heterocycles. The lowest BCUT2D eigenvalue weighted by molar-refractivity contribution is 0.317. The van der Waals surface area contributed by atoms with E-state index in [9.17, 15) is 0 Å². The van der Waals surface area contributed by atoms with Gasteiger partial charge in [-0.1, -0.05) is 19.1 Å². The summed E-state index contributed by atoms with van der Waals surface area (Å²) in [6.07, 6.45) is 1.01. The van der Waals surface area contributed by atoms with Crippen LogP contribution in [0.4, 0.5) is 5.69 Å². The van der Waals surface area contributed by atoms with Crippen LogP contribution in [0.5, 0.6) is 17.2 Å². The van der Waals surface area contributed by atoms with E-state index in [-0.39, 0.29) is 0 Å². The van der Waals surface area contributed by atoms with Crippen LogP contribution in [0.25, 0.3) is 0 Å². The van der Waals surface area contributed by atoms with Crippen molar-refractivity contribution in [1.82, 2.24) is 0 Å². The third-order valence-corrected chi connectivity index (χ3v) is 3.25. The third-order valence-electron chi connectivity index (χ3n) is 3.25. The van der Waals surface area contributed by atoms with Crippen molar-refractivity contribution in [1.29, 1.82) is 0 Å². The molecule has 0 spiro atoms. The summed E-state index contributed by atoms with van der Waals surface area (Å²) in [6, 6.07) is 13.9. The van der Waals surface area contributed by atoms with Gasteiger partial charge in [-0.3, -0.25) is 0 Å². The highest BCUT2D eigenvalue weighted by Crippen LogP contribution is 2.30. The zero-order valence-electron chi connectivity index (χ0n) is 13.4. The lowest BCUT2D eigenvalue weighted by Crippen LogP contribution is -2.01. The Labute approximate surface area is 132 Å². The maximum atomic E-state index is 5.65. The second-order valence-corrected chi connectivity index (χ2v) is 4.92. The molecule has 2 aromatic carbocycles. The van der Waals surface area contributed by atoms with Crippen molar-refractivity contribution in [2.24, 2.45) is 0 Å². The van der Waals surface area contributed by atoms with Crippen LogP contribution in [0.3, 0.4) is 0 Å². The average Bonchev–Trinajstić information content (AvgIpc) is 2.58. The second kappa shape index (κ2) is 8.17. The van der Waals surface area contributed by atoms with Crippen LogP contribution >= 0.6 is 0 Å². The maximum Gasteiger partial charge on any atom is 0.162 e. The number of hydrogen-bond donors (Lipinski definition) is 1. The van der Waals surface area contributed by atoms with Crippen LogP contribution in [-0.2, 0) is 6.54 Å². The summed E-state index contributed by atoms with van der Waals surface area (Å²) in [5.74, 6) is 2.35. The van der Waals surface area contributed by atoms with Gasteiger partial charge in [0.1, 0.15) is 5.75 Å². The van der Waals surface area contributed by atoms with E-state index in [4.69, 9.17) is 14.2 Å². The van der Waals surface area contributed by atoms with Crippen LogP contribution in [0.2, 0.25) is 0 Å². The molecule has 1 N–H and O–H groups in total. The van der Waals surface area contributed by atoms with E-state index in [2.05, 4.69) is 24.4 Å². The van der Waals surface area contributed by atoms with Crippen LogP contribution in [0, 0.1) is 0 Å². The van der Waals surface area contributed by atoms with Gasteiger partial charge in [0.15, 0.2) is 11.5 Å². The van der Waals surface area contributed by atoms with Crippen LogP contribution in [0.15, 0.2) is 42.5 Å². The van der Waals surface area contributed by atoms with Gasteiger partial charge >= 0.3 is 0 Å². The minimum absolute atomic E-state index is 0.715. The number of nitrogens with one attached hydrogen (secondary N) is 1. The summed E-state index contributed by atoms with van der Waals surface area (Å²) >= 11 is 0. The molecular formula is C18H23NO3. The molecule has 0 heterocycles. The first kappa shape index (κ1) is 16.0. The van der Waals surface area contributed by atoms with Gasteiger partial charge in [0.25, 0.3) is 0 Å². The Morgan fingerprint density at radius 3 is 2.50 bits per heavy atom. The van der Waals surface area contributed by atoms with Crippen molar-refractivity contribution in [3.05, 3.63) is 48.0 Å². The van der Waals surface area contributed by atoms with Crippen molar-refractivity contribution >= 4 is 5.69 Å². The summed E-state index contributed by atoms with van der Waals surface area (Å²) in [7, 11) is 3.27. The normalized spacial score (nSPS) is 10.1. The Hall–Kier alpha value is -2.36. The van der Waals surface area contributed by atoms with Crippen LogP contribution in [0.1, 0.15) is 18.9 Å². The molecule has 0 aliphatic rings. The zero-order chi connectivity index (χ0) is 15.8. The van der Waals surface area contributed by atoms with Gasteiger partial charge in [0.05, 0.1) is 20.8 Å². The Morgan fingerprint density at radius 1 is 0.955 bits per heavy atom. The Kier molecular flexibility index (Phi) is 5.95. The standard InChI is InChI=1S/C18H23NO3/c1-4-10-22-16-7-5-6-14(11-16)13-19-15-8-9-17(20-2)18(12-15)21-3/h5-9,11-12,19H,4,10,13H2,1-3H3. The van der Waals surface area contributed by atoms with Crippen LogP contribution in [-0.4, -0.2) is 20.8 Å². The summed E-state index contributed by atoms with van der Waals surface area (Å²) in [4.78, 5) is 0. The average molecular weight is 301 g/mol. The Bertz CT molecular complexity index is 599.